The van der Waals surface area contributed by atoms with Gasteiger partial charge in [0.15, 0.2) is 0 Å². The van der Waals surface area contributed by atoms with Crippen LogP contribution in [0.5, 0.6) is 0 Å². The lowest BCUT2D eigenvalue weighted by molar-refractivity contribution is 0.288. The first-order chi connectivity index (χ1) is 9.18. The summed E-state index contributed by atoms with van der Waals surface area (Å²) in [5, 5.41) is 9.57. The van der Waals surface area contributed by atoms with Crippen LogP contribution >= 0.6 is 11.6 Å². The lowest BCUT2D eigenvalue weighted by atomic mass is 9.95. The molecule has 5 heteroatoms. The van der Waals surface area contributed by atoms with Crippen molar-refractivity contribution in [3.05, 3.63) is 16.5 Å². The molecule has 20 heavy (non-hydrogen) atoms. The molecule has 0 aliphatic rings. The summed E-state index contributed by atoms with van der Waals surface area (Å²) >= 11 is 6.28. The van der Waals surface area contributed by atoms with E-state index in [1.807, 2.05) is 6.92 Å². The average Bonchev–Trinajstić information content (AvgIpc) is 2.32. The maximum absolute atomic E-state index is 9.07. The fourth-order valence-electron chi connectivity index (χ4n) is 1.94. The van der Waals surface area contributed by atoms with E-state index in [0.29, 0.717) is 17.6 Å². The van der Waals surface area contributed by atoms with Gasteiger partial charge in [-0.1, -0.05) is 32.4 Å². The molecule has 1 N–H and O–H groups in total. The van der Waals surface area contributed by atoms with Crippen molar-refractivity contribution in [2.24, 2.45) is 0 Å². The summed E-state index contributed by atoms with van der Waals surface area (Å²) in [6.07, 6.45) is 0.712. The summed E-state index contributed by atoms with van der Waals surface area (Å²) in [4.78, 5) is 11.3. The highest BCUT2D eigenvalue weighted by Gasteiger charge is 2.23. The Labute approximate surface area is 127 Å². The van der Waals surface area contributed by atoms with E-state index < -0.39 is 0 Å². The molecule has 1 aromatic heterocycles. The van der Waals surface area contributed by atoms with E-state index in [1.165, 1.54) is 0 Å². The van der Waals surface area contributed by atoms with Crippen molar-refractivity contribution < 1.29 is 5.11 Å². The number of hydrogen-bond donors (Lipinski definition) is 1. The zero-order chi connectivity index (χ0) is 15.5. The van der Waals surface area contributed by atoms with Gasteiger partial charge in [0.25, 0.3) is 0 Å². The van der Waals surface area contributed by atoms with Gasteiger partial charge in [0, 0.05) is 30.2 Å². The minimum atomic E-state index is -0.147. The van der Waals surface area contributed by atoms with Crippen molar-refractivity contribution in [2.45, 2.75) is 59.4 Å². The monoisotopic (exact) mass is 299 g/mol. The van der Waals surface area contributed by atoms with Crippen molar-refractivity contribution >= 4 is 17.4 Å². The van der Waals surface area contributed by atoms with E-state index in [9.17, 15) is 0 Å². The Bertz CT molecular complexity index is 455. The van der Waals surface area contributed by atoms with E-state index >= 15 is 0 Å². The molecule has 114 valence electrons. The van der Waals surface area contributed by atoms with Gasteiger partial charge in [-0.3, -0.25) is 0 Å². The molecule has 4 nitrogen and oxygen atoms in total. The third-order valence-electron chi connectivity index (χ3n) is 3.18. The SMILES string of the molecule is Cc1c(Cl)nc(C(C)(C)C)nc1N(CCCO)C(C)C. The highest BCUT2D eigenvalue weighted by molar-refractivity contribution is 6.30. The van der Waals surface area contributed by atoms with Crippen LogP contribution in [0.25, 0.3) is 0 Å². The van der Waals surface area contributed by atoms with Crippen LogP contribution < -0.4 is 4.90 Å². The fourth-order valence-corrected chi connectivity index (χ4v) is 2.11. The molecule has 0 radical (unpaired) electrons. The van der Waals surface area contributed by atoms with Crippen LogP contribution in [0.15, 0.2) is 0 Å². The van der Waals surface area contributed by atoms with Crippen molar-refractivity contribution in [1.29, 1.82) is 0 Å². The van der Waals surface area contributed by atoms with Gasteiger partial charge in [0.2, 0.25) is 0 Å². The number of anilines is 1. The Hall–Kier alpha value is -0.870. The molecule has 0 saturated heterocycles. The molecule has 1 heterocycles. The Morgan fingerprint density at radius 3 is 2.30 bits per heavy atom. The molecule has 1 rings (SSSR count). The molecule has 0 saturated carbocycles. The molecule has 0 bridgehead atoms. The summed E-state index contributed by atoms with van der Waals surface area (Å²) in [6.45, 7) is 13.3. The van der Waals surface area contributed by atoms with E-state index in [1.54, 1.807) is 0 Å². The van der Waals surface area contributed by atoms with Crippen LogP contribution in [-0.2, 0) is 5.41 Å². The standard InChI is InChI=1S/C15H26ClN3O/c1-10(2)19(8-7-9-20)13-11(3)12(16)17-14(18-13)15(4,5)6/h10,20H,7-9H2,1-6H3. The van der Waals surface area contributed by atoms with Crippen molar-refractivity contribution in [3.63, 3.8) is 0 Å². The third-order valence-corrected chi connectivity index (χ3v) is 3.55. The number of aromatic nitrogens is 2. The summed E-state index contributed by atoms with van der Waals surface area (Å²) in [5.41, 5.74) is 0.748. The van der Waals surface area contributed by atoms with Gasteiger partial charge in [-0.2, -0.15) is 0 Å². The lowest BCUT2D eigenvalue weighted by Gasteiger charge is -2.30. The maximum atomic E-state index is 9.07. The van der Waals surface area contributed by atoms with Gasteiger partial charge < -0.3 is 10.0 Å². The second kappa shape index (κ2) is 6.72. The van der Waals surface area contributed by atoms with Crippen LogP contribution in [0.4, 0.5) is 5.82 Å². The average molecular weight is 300 g/mol. The minimum absolute atomic E-state index is 0.147. The Balaban J connectivity index is 3.29. The van der Waals surface area contributed by atoms with Gasteiger partial charge in [-0.05, 0) is 27.2 Å². The number of halogens is 1. The Morgan fingerprint density at radius 1 is 1.25 bits per heavy atom. The maximum Gasteiger partial charge on any atom is 0.137 e. The zero-order valence-corrected chi connectivity index (χ0v) is 14.1. The van der Waals surface area contributed by atoms with E-state index in [-0.39, 0.29) is 12.0 Å². The Morgan fingerprint density at radius 2 is 1.85 bits per heavy atom. The summed E-state index contributed by atoms with van der Waals surface area (Å²) in [6, 6.07) is 0.291. The summed E-state index contributed by atoms with van der Waals surface area (Å²) in [5.74, 6) is 1.62. The first kappa shape index (κ1) is 17.2. The second-order valence-corrected chi connectivity index (χ2v) is 6.76. The molecule has 0 aromatic carbocycles. The van der Waals surface area contributed by atoms with Gasteiger partial charge in [0.05, 0.1) is 0 Å². The van der Waals surface area contributed by atoms with E-state index in [2.05, 4.69) is 44.5 Å². The first-order valence-electron chi connectivity index (χ1n) is 7.10. The van der Waals surface area contributed by atoms with Gasteiger partial charge in [-0.15, -0.1) is 0 Å². The fraction of sp³-hybridized carbons (Fsp3) is 0.733. The van der Waals surface area contributed by atoms with Crippen molar-refractivity contribution in [2.75, 3.05) is 18.1 Å². The van der Waals surface area contributed by atoms with Gasteiger partial charge >= 0.3 is 0 Å². The van der Waals surface area contributed by atoms with Crippen molar-refractivity contribution in [3.8, 4) is 0 Å². The van der Waals surface area contributed by atoms with Crippen LogP contribution in [0.1, 0.15) is 52.4 Å². The summed E-state index contributed by atoms with van der Waals surface area (Å²) in [7, 11) is 0. The molecule has 1 aromatic rings. The van der Waals surface area contributed by atoms with Crippen molar-refractivity contribution in [1.82, 2.24) is 9.97 Å². The Kier molecular flexibility index (Phi) is 5.78. The highest BCUT2D eigenvalue weighted by Crippen LogP contribution is 2.29. The van der Waals surface area contributed by atoms with Crippen LogP contribution in [-0.4, -0.2) is 34.3 Å². The van der Waals surface area contributed by atoms with E-state index in [4.69, 9.17) is 21.7 Å². The quantitative estimate of drug-likeness (QED) is 0.847. The minimum Gasteiger partial charge on any atom is -0.396 e. The molecule has 0 aliphatic carbocycles. The first-order valence-corrected chi connectivity index (χ1v) is 7.48. The van der Waals surface area contributed by atoms with Gasteiger partial charge in [0.1, 0.15) is 16.8 Å². The second-order valence-electron chi connectivity index (χ2n) is 6.40. The topological polar surface area (TPSA) is 49.2 Å². The third kappa shape index (κ3) is 4.06. The lowest BCUT2D eigenvalue weighted by Crippen LogP contribution is -2.34. The van der Waals surface area contributed by atoms with E-state index in [0.717, 1.165) is 23.8 Å². The predicted octanol–water partition coefficient (Wildman–Crippen LogP) is 3.33. The number of aliphatic hydroxyl groups excluding tert-OH is 1. The molecule has 0 spiro atoms. The molecule has 0 unspecified atom stereocenters. The van der Waals surface area contributed by atoms with Crippen LogP contribution in [0, 0.1) is 6.92 Å². The number of nitrogens with zero attached hydrogens (tertiary/aromatic N) is 3. The molecular weight excluding hydrogens is 274 g/mol. The van der Waals surface area contributed by atoms with Crippen LogP contribution in [0.2, 0.25) is 5.15 Å². The molecule has 0 amide bonds. The number of hydrogen-bond acceptors (Lipinski definition) is 4. The number of aliphatic hydroxyl groups is 1. The van der Waals surface area contributed by atoms with Crippen LogP contribution in [0.3, 0.4) is 0 Å². The smallest absolute Gasteiger partial charge is 0.137 e. The molecular formula is C15H26ClN3O. The molecule has 0 aliphatic heterocycles. The normalized spacial score (nSPS) is 12.1. The van der Waals surface area contributed by atoms with Gasteiger partial charge in [-0.25, -0.2) is 9.97 Å². The predicted molar refractivity (Wildman–Crippen MR) is 84.7 cm³/mol. The summed E-state index contributed by atoms with van der Waals surface area (Å²) < 4.78 is 0. The highest BCUT2D eigenvalue weighted by atomic mass is 35.5. The zero-order valence-electron chi connectivity index (χ0n) is 13.4. The molecule has 0 atom stereocenters. The number of rotatable bonds is 5. The molecule has 0 fully saturated rings. The largest absolute Gasteiger partial charge is 0.396 e.